The van der Waals surface area contributed by atoms with Crippen molar-refractivity contribution in [3.8, 4) is 11.5 Å². The van der Waals surface area contributed by atoms with Gasteiger partial charge in [-0.3, -0.25) is 4.79 Å². The second-order valence-corrected chi connectivity index (χ2v) is 7.70. The molecule has 0 atom stereocenters. The largest absolute Gasteiger partial charge is 0.435 e. The molecule has 0 bridgehead atoms. The van der Waals surface area contributed by atoms with Crippen LogP contribution in [0.5, 0.6) is 11.5 Å². The molecule has 1 aliphatic heterocycles. The van der Waals surface area contributed by atoms with E-state index in [9.17, 15) is 22.4 Å². The summed E-state index contributed by atoms with van der Waals surface area (Å²) in [5, 5.41) is 2.73. The maximum Gasteiger partial charge on any atom is 0.387 e. The minimum atomic E-state index is -3.17. The highest BCUT2D eigenvalue weighted by Gasteiger charge is 2.17. The van der Waals surface area contributed by atoms with Crippen molar-refractivity contribution in [2.75, 3.05) is 42.9 Å². The summed E-state index contributed by atoms with van der Waals surface area (Å²) in [5.41, 5.74) is 2.83. The Kier molecular flexibility index (Phi) is 8.75. The number of hydrogen-bond acceptors (Lipinski definition) is 5. The van der Waals surface area contributed by atoms with Gasteiger partial charge in [0.25, 0.3) is 0 Å². The Morgan fingerprint density at radius 3 is 2.35 bits per heavy atom. The number of aryl methyl sites for hydroxylation is 1. The Hall–Kier alpha value is -3.27. The summed E-state index contributed by atoms with van der Waals surface area (Å²) in [5.74, 6) is -1.21. The molecule has 10 heteroatoms. The van der Waals surface area contributed by atoms with Crippen molar-refractivity contribution < 1.29 is 31.8 Å². The van der Waals surface area contributed by atoms with Gasteiger partial charge < -0.3 is 24.6 Å². The van der Waals surface area contributed by atoms with E-state index in [4.69, 9.17) is 0 Å². The number of benzene rings is 2. The number of piperazine rings is 1. The van der Waals surface area contributed by atoms with Crippen molar-refractivity contribution in [3.63, 3.8) is 0 Å². The Labute approximate surface area is 195 Å². The molecule has 0 spiro atoms. The summed E-state index contributed by atoms with van der Waals surface area (Å²) in [7, 11) is 0. The lowest BCUT2D eigenvalue weighted by atomic mass is 10.1. The molecule has 1 saturated heterocycles. The van der Waals surface area contributed by atoms with Crippen LogP contribution >= 0.6 is 0 Å². The van der Waals surface area contributed by atoms with Crippen LogP contribution < -0.4 is 19.7 Å². The summed E-state index contributed by atoms with van der Waals surface area (Å²) in [6.45, 7) is 2.77. The molecule has 1 aliphatic rings. The predicted octanol–water partition coefficient (Wildman–Crippen LogP) is 4.99. The third kappa shape index (κ3) is 7.11. The molecule has 1 heterocycles. The van der Waals surface area contributed by atoms with Crippen LogP contribution in [0.4, 0.5) is 28.9 Å². The average molecular weight is 481 g/mol. The Bertz CT molecular complexity index is 1010. The Morgan fingerprint density at radius 1 is 1.03 bits per heavy atom. The Balaban J connectivity index is 1.66. The van der Waals surface area contributed by atoms with Gasteiger partial charge in [0.1, 0.15) is 11.5 Å². The molecule has 34 heavy (non-hydrogen) atoms. The number of carbonyl (C=O) groups is 1. The first-order valence-corrected chi connectivity index (χ1v) is 10.9. The normalized spacial score (nSPS) is 14.8. The first-order valence-electron chi connectivity index (χ1n) is 10.9. The summed E-state index contributed by atoms with van der Waals surface area (Å²) in [6.07, 6.45) is 2.40. The van der Waals surface area contributed by atoms with Crippen molar-refractivity contribution in [2.45, 2.75) is 27.1 Å². The van der Waals surface area contributed by atoms with Crippen LogP contribution in [0.25, 0.3) is 6.08 Å². The number of ether oxygens (including phenoxy) is 2. The first kappa shape index (κ1) is 25.4. The predicted molar refractivity (Wildman–Crippen MR) is 123 cm³/mol. The van der Waals surface area contributed by atoms with E-state index in [0.29, 0.717) is 5.69 Å². The maximum atomic E-state index is 12.7. The van der Waals surface area contributed by atoms with Crippen molar-refractivity contribution in [1.29, 1.82) is 0 Å². The lowest BCUT2D eigenvalue weighted by Crippen LogP contribution is -2.46. The van der Waals surface area contributed by atoms with E-state index >= 15 is 0 Å². The van der Waals surface area contributed by atoms with Gasteiger partial charge in [0, 0.05) is 55.3 Å². The summed E-state index contributed by atoms with van der Waals surface area (Å²) < 4.78 is 58.7. The maximum absolute atomic E-state index is 12.7. The van der Waals surface area contributed by atoms with Gasteiger partial charge in [-0.05, 0) is 55.4 Å². The van der Waals surface area contributed by atoms with E-state index in [1.54, 1.807) is 0 Å². The molecule has 2 aromatic rings. The third-order valence-electron chi connectivity index (χ3n) is 5.47. The van der Waals surface area contributed by atoms with Gasteiger partial charge in [0.05, 0.1) is 0 Å². The zero-order chi connectivity index (χ0) is 24.7. The molecular formula is C24H27F4N3O3. The van der Waals surface area contributed by atoms with Gasteiger partial charge in [-0.1, -0.05) is 6.92 Å². The minimum Gasteiger partial charge on any atom is -0.435 e. The fourth-order valence-electron chi connectivity index (χ4n) is 3.77. The number of amides is 1. The fourth-order valence-corrected chi connectivity index (χ4v) is 3.77. The van der Waals surface area contributed by atoms with Crippen LogP contribution in [-0.2, 0) is 4.79 Å². The summed E-state index contributed by atoms with van der Waals surface area (Å²) >= 11 is 0. The number of likely N-dealkylation sites (N-methyl/N-ethyl adjacent to an activating group) is 1. The molecular weight excluding hydrogens is 454 g/mol. The zero-order valence-corrected chi connectivity index (χ0v) is 18.9. The molecule has 184 valence electrons. The van der Waals surface area contributed by atoms with Crippen molar-refractivity contribution in [2.24, 2.45) is 0 Å². The van der Waals surface area contributed by atoms with Crippen LogP contribution in [0, 0.1) is 6.92 Å². The van der Waals surface area contributed by atoms with E-state index < -0.39 is 19.1 Å². The second kappa shape index (κ2) is 11.7. The molecule has 3 rings (SSSR count). The topological polar surface area (TPSA) is 54.0 Å². The number of anilines is 2. The highest BCUT2D eigenvalue weighted by Crippen LogP contribution is 2.29. The van der Waals surface area contributed by atoms with Crippen molar-refractivity contribution in [1.82, 2.24) is 4.90 Å². The summed E-state index contributed by atoms with van der Waals surface area (Å²) in [4.78, 5) is 17.1. The molecule has 6 nitrogen and oxygen atoms in total. The molecule has 0 unspecified atom stereocenters. The quantitative estimate of drug-likeness (QED) is 0.404. The highest BCUT2D eigenvalue weighted by molar-refractivity contribution is 6.02. The number of halogens is 4. The van der Waals surface area contributed by atoms with Crippen LogP contribution in [0.2, 0.25) is 0 Å². The molecule has 1 amide bonds. The Morgan fingerprint density at radius 2 is 1.74 bits per heavy atom. The van der Waals surface area contributed by atoms with Gasteiger partial charge in [0.2, 0.25) is 5.91 Å². The number of rotatable bonds is 9. The molecule has 0 aromatic heterocycles. The number of nitrogens with one attached hydrogen (secondary N) is 1. The standard InChI is InChI=1S/C24H27F4N3O3/c1-3-30-10-12-31(13-11-30)20-8-6-18(14-16(20)2)29-22(32)9-5-17-4-7-19(33-23(25)26)15-21(17)34-24(27)28/h4-9,14-15,23-24H,3,10-13H2,1-2H3,(H,29,32)/b9-5+. The SMILES string of the molecule is CCN1CCN(c2ccc(NC(=O)/C=C/c3ccc(OC(F)F)cc3OC(F)F)cc2C)CC1. The lowest BCUT2D eigenvalue weighted by Gasteiger charge is -2.36. The van der Waals surface area contributed by atoms with E-state index in [1.807, 2.05) is 25.1 Å². The van der Waals surface area contributed by atoms with Gasteiger partial charge in [-0.25, -0.2) is 0 Å². The zero-order valence-electron chi connectivity index (χ0n) is 18.9. The first-order chi connectivity index (χ1) is 16.2. The molecule has 2 aromatic carbocycles. The van der Waals surface area contributed by atoms with Gasteiger partial charge >= 0.3 is 13.2 Å². The molecule has 0 aliphatic carbocycles. The molecule has 1 N–H and O–H groups in total. The van der Waals surface area contributed by atoms with E-state index in [2.05, 4.69) is 31.5 Å². The number of nitrogens with zero attached hydrogens (tertiary/aromatic N) is 2. The van der Waals surface area contributed by atoms with Gasteiger partial charge in [-0.15, -0.1) is 0 Å². The molecule has 0 saturated carbocycles. The van der Waals surface area contributed by atoms with Crippen LogP contribution in [0.1, 0.15) is 18.1 Å². The number of alkyl halides is 4. The van der Waals surface area contributed by atoms with Crippen LogP contribution in [0.3, 0.4) is 0 Å². The van der Waals surface area contributed by atoms with Crippen molar-refractivity contribution in [3.05, 3.63) is 53.6 Å². The molecule has 1 fully saturated rings. The number of hydrogen-bond donors (Lipinski definition) is 1. The summed E-state index contributed by atoms with van der Waals surface area (Å²) in [6, 6.07) is 8.98. The van der Waals surface area contributed by atoms with E-state index in [-0.39, 0.29) is 17.1 Å². The second-order valence-electron chi connectivity index (χ2n) is 7.70. The third-order valence-corrected chi connectivity index (χ3v) is 5.47. The van der Waals surface area contributed by atoms with Crippen LogP contribution in [0.15, 0.2) is 42.5 Å². The lowest BCUT2D eigenvalue weighted by molar-refractivity contribution is -0.111. The average Bonchev–Trinajstić information content (AvgIpc) is 2.78. The minimum absolute atomic E-state index is 0.106. The van der Waals surface area contributed by atoms with Crippen molar-refractivity contribution >= 4 is 23.4 Å². The highest BCUT2D eigenvalue weighted by atomic mass is 19.3. The molecule has 0 radical (unpaired) electrons. The fraction of sp³-hybridized carbons (Fsp3) is 0.375. The van der Waals surface area contributed by atoms with Gasteiger partial charge in [-0.2, -0.15) is 17.6 Å². The monoisotopic (exact) mass is 481 g/mol. The van der Waals surface area contributed by atoms with Crippen LogP contribution in [-0.4, -0.2) is 56.8 Å². The van der Waals surface area contributed by atoms with E-state index in [0.717, 1.165) is 56.1 Å². The number of carbonyl (C=O) groups excluding carboxylic acids is 1. The van der Waals surface area contributed by atoms with Gasteiger partial charge in [0.15, 0.2) is 0 Å². The smallest absolute Gasteiger partial charge is 0.387 e. The van der Waals surface area contributed by atoms with E-state index in [1.165, 1.54) is 18.2 Å².